The summed E-state index contributed by atoms with van der Waals surface area (Å²) in [4.78, 5) is 16.2. The number of aryl methyl sites for hydroxylation is 1. The molecule has 2 fully saturated rings. The summed E-state index contributed by atoms with van der Waals surface area (Å²) >= 11 is 1.79. The quantitative estimate of drug-likeness (QED) is 0.837. The van der Waals surface area contributed by atoms with Crippen molar-refractivity contribution in [2.75, 3.05) is 32.8 Å². The Hall–Kier alpha value is -1.73. The van der Waals surface area contributed by atoms with Gasteiger partial charge in [0.05, 0.1) is 19.3 Å². The maximum absolute atomic E-state index is 12.4. The number of nitrogens with zero attached hydrogens (tertiary/aromatic N) is 1. The first-order chi connectivity index (χ1) is 13.6. The number of ether oxygens (including phenoxy) is 2. The Labute approximate surface area is 170 Å². The number of carbonyl (C=O) groups excluding carboxylic acids is 1. The van der Waals surface area contributed by atoms with Crippen molar-refractivity contribution in [2.45, 2.75) is 38.0 Å². The van der Waals surface area contributed by atoms with E-state index in [0.717, 1.165) is 44.6 Å². The zero-order chi connectivity index (χ0) is 19.4. The van der Waals surface area contributed by atoms with Gasteiger partial charge in [0.25, 0.3) is 5.91 Å². The van der Waals surface area contributed by atoms with Gasteiger partial charge in [-0.25, -0.2) is 0 Å². The minimum absolute atomic E-state index is 0.0408. The second-order valence-corrected chi connectivity index (χ2v) is 8.91. The van der Waals surface area contributed by atoms with Crippen LogP contribution >= 0.6 is 11.3 Å². The van der Waals surface area contributed by atoms with Gasteiger partial charge in [-0.15, -0.1) is 11.3 Å². The van der Waals surface area contributed by atoms with Crippen LogP contribution in [0.5, 0.6) is 0 Å². The van der Waals surface area contributed by atoms with Crippen LogP contribution in [0.25, 0.3) is 0 Å². The molecule has 2 atom stereocenters. The van der Waals surface area contributed by atoms with Gasteiger partial charge in [-0.2, -0.15) is 0 Å². The Morgan fingerprint density at radius 2 is 2.18 bits per heavy atom. The van der Waals surface area contributed by atoms with Gasteiger partial charge in [0, 0.05) is 36.6 Å². The van der Waals surface area contributed by atoms with Crippen molar-refractivity contribution >= 4 is 17.2 Å². The monoisotopic (exact) mass is 400 g/mol. The fourth-order valence-corrected chi connectivity index (χ4v) is 4.76. The molecule has 1 amide bonds. The van der Waals surface area contributed by atoms with Crippen LogP contribution in [0.15, 0.2) is 41.8 Å². The smallest absolute Gasteiger partial charge is 0.251 e. The third-order valence-corrected chi connectivity index (χ3v) is 6.39. The molecule has 2 aliphatic heterocycles. The van der Waals surface area contributed by atoms with Gasteiger partial charge in [-0.3, -0.25) is 9.69 Å². The van der Waals surface area contributed by atoms with Crippen LogP contribution in [0.2, 0.25) is 0 Å². The van der Waals surface area contributed by atoms with Gasteiger partial charge in [0.15, 0.2) is 0 Å². The third-order valence-electron chi connectivity index (χ3n) is 5.53. The van der Waals surface area contributed by atoms with Gasteiger partial charge in [0.2, 0.25) is 0 Å². The van der Waals surface area contributed by atoms with E-state index in [4.69, 9.17) is 9.47 Å². The van der Waals surface area contributed by atoms with Gasteiger partial charge >= 0.3 is 0 Å². The molecular weight excluding hydrogens is 372 g/mol. The molecule has 150 valence electrons. The van der Waals surface area contributed by atoms with Crippen molar-refractivity contribution in [3.8, 4) is 0 Å². The van der Waals surface area contributed by atoms with Crippen LogP contribution in [-0.2, 0) is 16.0 Å². The molecule has 0 bridgehead atoms. The molecule has 1 spiro atoms. The van der Waals surface area contributed by atoms with E-state index < -0.39 is 0 Å². The molecule has 0 saturated carbocycles. The molecule has 0 radical (unpaired) electrons. The van der Waals surface area contributed by atoms with E-state index in [9.17, 15) is 4.79 Å². The Bertz CT molecular complexity index is 778. The van der Waals surface area contributed by atoms with E-state index in [2.05, 4.69) is 27.7 Å². The molecule has 1 aromatic heterocycles. The fourth-order valence-electron chi connectivity index (χ4n) is 4.02. The molecule has 1 N–H and O–H groups in total. The Balaban J connectivity index is 1.31. The SMILES string of the molecule is Cc1ccc(C(=O)NC[C@H]2CC[C@]3(COCCN(Cc4cccs4)C3)O2)cc1. The number of nitrogens with one attached hydrogen (secondary N) is 1. The number of hydrogen-bond acceptors (Lipinski definition) is 5. The average molecular weight is 401 g/mol. The van der Waals surface area contributed by atoms with Crippen LogP contribution in [0.3, 0.4) is 0 Å². The first-order valence-electron chi connectivity index (χ1n) is 9.97. The van der Waals surface area contributed by atoms with Crippen LogP contribution < -0.4 is 5.32 Å². The highest BCUT2D eigenvalue weighted by Crippen LogP contribution is 2.33. The summed E-state index contributed by atoms with van der Waals surface area (Å²) in [6, 6.07) is 11.9. The molecule has 3 heterocycles. The van der Waals surface area contributed by atoms with Crippen molar-refractivity contribution in [1.29, 1.82) is 0 Å². The summed E-state index contributed by atoms with van der Waals surface area (Å²) in [6.45, 7) is 6.69. The predicted molar refractivity (Wildman–Crippen MR) is 111 cm³/mol. The van der Waals surface area contributed by atoms with E-state index in [0.29, 0.717) is 18.7 Å². The molecule has 1 aromatic carbocycles. The van der Waals surface area contributed by atoms with Crippen molar-refractivity contribution < 1.29 is 14.3 Å². The first kappa shape index (κ1) is 19.6. The maximum atomic E-state index is 12.4. The average Bonchev–Trinajstić information content (AvgIpc) is 3.29. The summed E-state index contributed by atoms with van der Waals surface area (Å²) in [6.07, 6.45) is 1.96. The molecule has 0 unspecified atom stereocenters. The highest BCUT2D eigenvalue weighted by atomic mass is 32.1. The van der Waals surface area contributed by atoms with Crippen molar-refractivity contribution in [3.05, 3.63) is 57.8 Å². The lowest BCUT2D eigenvalue weighted by molar-refractivity contribution is -0.0848. The Morgan fingerprint density at radius 1 is 1.32 bits per heavy atom. The summed E-state index contributed by atoms with van der Waals surface area (Å²) < 4.78 is 12.3. The summed E-state index contributed by atoms with van der Waals surface area (Å²) in [5.74, 6) is -0.0408. The zero-order valence-electron chi connectivity index (χ0n) is 16.4. The minimum atomic E-state index is -0.257. The third kappa shape index (κ3) is 4.81. The number of benzene rings is 1. The number of thiophene rings is 1. The van der Waals surface area contributed by atoms with E-state index >= 15 is 0 Å². The van der Waals surface area contributed by atoms with Crippen LogP contribution in [-0.4, -0.2) is 55.4 Å². The normalized spacial score (nSPS) is 25.7. The summed E-state index contributed by atoms with van der Waals surface area (Å²) in [5.41, 5.74) is 1.59. The summed E-state index contributed by atoms with van der Waals surface area (Å²) in [7, 11) is 0. The lowest BCUT2D eigenvalue weighted by Gasteiger charge is -2.31. The highest BCUT2D eigenvalue weighted by Gasteiger charge is 2.43. The van der Waals surface area contributed by atoms with E-state index in [1.165, 1.54) is 4.88 Å². The van der Waals surface area contributed by atoms with Gasteiger partial charge < -0.3 is 14.8 Å². The predicted octanol–water partition coefficient (Wildman–Crippen LogP) is 3.24. The van der Waals surface area contributed by atoms with Crippen molar-refractivity contribution in [2.24, 2.45) is 0 Å². The van der Waals surface area contributed by atoms with Gasteiger partial charge in [0.1, 0.15) is 5.60 Å². The molecule has 28 heavy (non-hydrogen) atoms. The number of amides is 1. The molecular formula is C22H28N2O3S. The lowest BCUT2D eigenvalue weighted by atomic mass is 10.00. The molecule has 6 heteroatoms. The van der Waals surface area contributed by atoms with Crippen molar-refractivity contribution in [1.82, 2.24) is 10.2 Å². The van der Waals surface area contributed by atoms with Crippen LogP contribution in [0, 0.1) is 6.92 Å². The fraction of sp³-hybridized carbons (Fsp3) is 0.500. The molecule has 2 aliphatic rings. The molecule has 2 aromatic rings. The van der Waals surface area contributed by atoms with E-state index in [1.807, 2.05) is 31.2 Å². The second kappa shape index (κ2) is 8.74. The number of carbonyl (C=O) groups is 1. The maximum Gasteiger partial charge on any atom is 0.251 e. The van der Waals surface area contributed by atoms with Gasteiger partial charge in [-0.1, -0.05) is 23.8 Å². The highest BCUT2D eigenvalue weighted by molar-refractivity contribution is 7.09. The van der Waals surface area contributed by atoms with Gasteiger partial charge in [-0.05, 0) is 43.3 Å². The number of rotatable bonds is 5. The molecule has 5 nitrogen and oxygen atoms in total. The Kier molecular flexibility index (Phi) is 6.11. The Morgan fingerprint density at radius 3 is 2.96 bits per heavy atom. The second-order valence-electron chi connectivity index (χ2n) is 7.88. The lowest BCUT2D eigenvalue weighted by Crippen LogP contribution is -2.45. The van der Waals surface area contributed by atoms with Crippen LogP contribution in [0.4, 0.5) is 0 Å². The number of hydrogen-bond donors (Lipinski definition) is 1. The van der Waals surface area contributed by atoms with E-state index in [-0.39, 0.29) is 17.6 Å². The summed E-state index contributed by atoms with van der Waals surface area (Å²) in [5, 5.41) is 5.15. The van der Waals surface area contributed by atoms with E-state index in [1.54, 1.807) is 11.3 Å². The zero-order valence-corrected chi connectivity index (χ0v) is 17.2. The topological polar surface area (TPSA) is 50.8 Å². The largest absolute Gasteiger partial charge is 0.377 e. The molecule has 0 aliphatic carbocycles. The molecule has 4 rings (SSSR count). The molecule has 2 saturated heterocycles. The first-order valence-corrected chi connectivity index (χ1v) is 10.9. The minimum Gasteiger partial charge on any atom is -0.377 e. The standard InChI is InChI=1S/C22H28N2O3S/c1-17-4-6-18(7-5-17)21(25)23-13-19-8-9-22(27-19)15-24(10-11-26-16-22)14-20-3-2-12-28-20/h2-7,12,19H,8-11,13-16H2,1H3,(H,23,25)/t19-,22+/m1/s1. The van der Waals surface area contributed by atoms with Crippen molar-refractivity contribution in [3.63, 3.8) is 0 Å². The van der Waals surface area contributed by atoms with Crippen LogP contribution in [0.1, 0.15) is 33.6 Å².